The quantitative estimate of drug-likeness (QED) is 0.226. The van der Waals surface area contributed by atoms with Crippen LogP contribution in [0.4, 0.5) is 46.9 Å². The molecule has 214 valence electrons. The Kier molecular flexibility index (Phi) is 8.21. The summed E-state index contributed by atoms with van der Waals surface area (Å²) in [6, 6.07) is 9.40. The number of benzene rings is 1. The lowest BCUT2D eigenvalue weighted by Crippen LogP contribution is -2.36. The van der Waals surface area contributed by atoms with Crippen LogP contribution in [0.2, 0.25) is 5.02 Å². The topological polar surface area (TPSA) is 133 Å². The third-order valence-electron chi connectivity index (χ3n) is 6.02. The number of hydrogen-bond donors (Lipinski definition) is 4. The minimum atomic E-state index is -4.65. The van der Waals surface area contributed by atoms with Crippen LogP contribution < -0.4 is 20.9 Å². The summed E-state index contributed by atoms with van der Waals surface area (Å²) in [5.41, 5.74) is 0.447. The Bertz CT molecular complexity index is 1520. The number of carbonyl (C=O) groups excluding carboxylic acids is 1. The number of morpholine rings is 1. The number of halogens is 4. The van der Waals surface area contributed by atoms with Gasteiger partial charge in [0.25, 0.3) is 0 Å². The molecule has 4 N–H and O–H groups in total. The van der Waals surface area contributed by atoms with E-state index in [0.29, 0.717) is 37.1 Å². The Labute approximate surface area is 237 Å². The number of alkyl halides is 3. The number of aromatic nitrogens is 5. The summed E-state index contributed by atoms with van der Waals surface area (Å²) >= 11 is 5.62. The standard InChI is InChI=1S/C26H25ClF3N9O2/c1-15-10-21(35-23-13-24(38-37-23)39-6-8-41-9-7-39)34-22(32-15)11-16-2-5-20(31-14-16)36-25(40)33-17-3-4-19(27)18(12-17)26(28,29)30/h2-5,10,12-14H,6-9,11H2,1H3,(H2,31,33,36,40)(H2,32,34,35,37,38). The van der Waals surface area contributed by atoms with Gasteiger partial charge in [-0.25, -0.2) is 19.7 Å². The molecule has 4 aromatic rings. The summed E-state index contributed by atoms with van der Waals surface area (Å²) in [4.78, 5) is 27.7. The van der Waals surface area contributed by atoms with Gasteiger partial charge in [-0.2, -0.15) is 18.3 Å². The Morgan fingerprint density at radius 3 is 2.61 bits per heavy atom. The number of amides is 2. The molecule has 0 atom stereocenters. The maximum Gasteiger partial charge on any atom is 0.417 e. The second-order valence-electron chi connectivity index (χ2n) is 9.18. The molecule has 11 nitrogen and oxygen atoms in total. The lowest BCUT2D eigenvalue weighted by molar-refractivity contribution is -0.137. The van der Waals surface area contributed by atoms with Gasteiger partial charge < -0.3 is 20.3 Å². The first-order valence-corrected chi connectivity index (χ1v) is 12.9. The summed E-state index contributed by atoms with van der Waals surface area (Å²) in [6.07, 6.45) is -2.71. The molecule has 5 rings (SSSR count). The zero-order valence-electron chi connectivity index (χ0n) is 21.7. The fraction of sp³-hybridized carbons (Fsp3) is 0.269. The number of pyridine rings is 1. The Morgan fingerprint density at radius 1 is 1.07 bits per heavy atom. The van der Waals surface area contributed by atoms with E-state index < -0.39 is 22.8 Å². The van der Waals surface area contributed by atoms with Gasteiger partial charge in [-0.3, -0.25) is 10.4 Å². The first-order valence-electron chi connectivity index (χ1n) is 12.5. The molecule has 0 unspecified atom stereocenters. The summed E-state index contributed by atoms with van der Waals surface area (Å²) < 4.78 is 44.6. The van der Waals surface area contributed by atoms with E-state index in [1.807, 2.05) is 19.1 Å². The fourth-order valence-electron chi connectivity index (χ4n) is 4.13. The number of carbonyl (C=O) groups is 1. The number of aryl methyl sites for hydroxylation is 1. The second kappa shape index (κ2) is 12.0. The number of H-pyrrole nitrogens is 1. The van der Waals surface area contributed by atoms with E-state index in [9.17, 15) is 18.0 Å². The van der Waals surface area contributed by atoms with Gasteiger partial charge in [0.15, 0.2) is 5.82 Å². The zero-order chi connectivity index (χ0) is 29.0. The number of aromatic amines is 1. The highest BCUT2D eigenvalue weighted by Gasteiger charge is 2.33. The monoisotopic (exact) mass is 587 g/mol. The summed E-state index contributed by atoms with van der Waals surface area (Å²) in [5.74, 6) is 2.89. The predicted molar refractivity (Wildman–Crippen MR) is 148 cm³/mol. The van der Waals surface area contributed by atoms with Crippen molar-refractivity contribution in [3.8, 4) is 0 Å². The second-order valence-corrected chi connectivity index (χ2v) is 9.58. The molecule has 15 heteroatoms. The van der Waals surface area contributed by atoms with Crippen molar-refractivity contribution >= 4 is 46.6 Å². The molecule has 0 saturated carbocycles. The van der Waals surface area contributed by atoms with Crippen molar-refractivity contribution in [2.75, 3.05) is 47.2 Å². The minimum Gasteiger partial charge on any atom is -0.378 e. The molecule has 0 bridgehead atoms. The van der Waals surface area contributed by atoms with E-state index in [2.05, 4.69) is 46.0 Å². The van der Waals surface area contributed by atoms with Crippen LogP contribution in [-0.4, -0.2) is 57.5 Å². The number of hydrogen-bond acceptors (Lipinski definition) is 8. The Morgan fingerprint density at radius 2 is 1.88 bits per heavy atom. The highest BCUT2D eigenvalue weighted by molar-refractivity contribution is 6.31. The summed E-state index contributed by atoms with van der Waals surface area (Å²) in [5, 5.41) is 14.9. The van der Waals surface area contributed by atoms with Crippen molar-refractivity contribution in [1.29, 1.82) is 0 Å². The fourth-order valence-corrected chi connectivity index (χ4v) is 4.35. The van der Waals surface area contributed by atoms with E-state index in [1.165, 1.54) is 6.07 Å². The number of nitrogens with one attached hydrogen (secondary N) is 4. The molecule has 4 heterocycles. The van der Waals surface area contributed by atoms with Crippen molar-refractivity contribution in [2.24, 2.45) is 0 Å². The molecule has 2 amide bonds. The first kappa shape index (κ1) is 28.1. The van der Waals surface area contributed by atoms with Crippen LogP contribution in [0.15, 0.2) is 48.7 Å². The number of anilines is 5. The number of urea groups is 1. The van der Waals surface area contributed by atoms with Gasteiger partial charge in [-0.1, -0.05) is 17.7 Å². The highest BCUT2D eigenvalue weighted by Crippen LogP contribution is 2.36. The van der Waals surface area contributed by atoms with Crippen molar-refractivity contribution < 1.29 is 22.7 Å². The molecule has 41 heavy (non-hydrogen) atoms. The molecule has 1 fully saturated rings. The van der Waals surface area contributed by atoms with Gasteiger partial charge in [0.1, 0.15) is 23.3 Å². The Hall–Kier alpha value is -4.43. The van der Waals surface area contributed by atoms with Crippen molar-refractivity contribution in [3.05, 3.63) is 76.3 Å². The number of nitrogens with zero attached hydrogens (tertiary/aromatic N) is 5. The number of ether oxygens (including phenoxy) is 1. The molecule has 1 saturated heterocycles. The van der Waals surface area contributed by atoms with Gasteiger partial charge in [0.2, 0.25) is 0 Å². The van der Waals surface area contributed by atoms with Crippen LogP contribution >= 0.6 is 11.6 Å². The molecular formula is C26H25ClF3N9O2. The van der Waals surface area contributed by atoms with Crippen LogP contribution in [0.5, 0.6) is 0 Å². The van der Waals surface area contributed by atoms with Crippen LogP contribution in [-0.2, 0) is 17.3 Å². The van der Waals surface area contributed by atoms with Crippen LogP contribution in [0.1, 0.15) is 22.6 Å². The molecule has 0 aliphatic carbocycles. The maximum absolute atomic E-state index is 13.1. The molecular weight excluding hydrogens is 563 g/mol. The van der Waals surface area contributed by atoms with Crippen molar-refractivity contribution in [3.63, 3.8) is 0 Å². The van der Waals surface area contributed by atoms with Gasteiger partial charge in [0.05, 0.1) is 23.8 Å². The Balaban J connectivity index is 1.19. The van der Waals surface area contributed by atoms with Gasteiger partial charge in [-0.05, 0) is 36.8 Å². The highest BCUT2D eigenvalue weighted by atomic mass is 35.5. The molecule has 1 aliphatic heterocycles. The lowest BCUT2D eigenvalue weighted by atomic mass is 10.2. The van der Waals surface area contributed by atoms with E-state index in [4.69, 9.17) is 16.3 Å². The average Bonchev–Trinajstić information content (AvgIpc) is 3.39. The third kappa shape index (κ3) is 7.41. The normalized spacial score (nSPS) is 13.6. The van der Waals surface area contributed by atoms with E-state index in [1.54, 1.807) is 18.3 Å². The molecule has 1 aliphatic rings. The zero-order valence-corrected chi connectivity index (χ0v) is 22.5. The maximum atomic E-state index is 13.1. The van der Waals surface area contributed by atoms with Gasteiger partial charge >= 0.3 is 12.2 Å². The van der Waals surface area contributed by atoms with E-state index >= 15 is 0 Å². The van der Waals surface area contributed by atoms with E-state index in [-0.39, 0.29) is 11.5 Å². The molecule has 1 aromatic carbocycles. The minimum absolute atomic E-state index is 0.0655. The van der Waals surface area contributed by atoms with Crippen molar-refractivity contribution in [2.45, 2.75) is 19.5 Å². The van der Waals surface area contributed by atoms with Crippen LogP contribution in [0.25, 0.3) is 0 Å². The SMILES string of the molecule is Cc1cc(Nc2cc(N3CCOCC3)n[nH]2)nc(Cc2ccc(NC(=O)Nc3ccc(Cl)c(C(F)(F)F)c3)nc2)n1. The average molecular weight is 588 g/mol. The molecule has 0 radical (unpaired) electrons. The predicted octanol–water partition coefficient (Wildman–Crippen LogP) is 5.39. The molecule has 0 spiro atoms. The van der Waals surface area contributed by atoms with Crippen molar-refractivity contribution in [1.82, 2.24) is 25.1 Å². The lowest BCUT2D eigenvalue weighted by Gasteiger charge is -2.26. The summed E-state index contributed by atoms with van der Waals surface area (Å²) in [6.45, 7) is 4.75. The largest absolute Gasteiger partial charge is 0.417 e. The first-order chi connectivity index (χ1) is 19.6. The van der Waals surface area contributed by atoms with Crippen LogP contribution in [0, 0.1) is 6.92 Å². The smallest absolute Gasteiger partial charge is 0.378 e. The number of rotatable bonds is 7. The van der Waals surface area contributed by atoms with Gasteiger partial charge in [0, 0.05) is 49.2 Å². The third-order valence-corrected chi connectivity index (χ3v) is 6.35. The summed E-state index contributed by atoms with van der Waals surface area (Å²) in [7, 11) is 0. The van der Waals surface area contributed by atoms with Crippen LogP contribution in [0.3, 0.4) is 0 Å². The van der Waals surface area contributed by atoms with Gasteiger partial charge in [-0.15, -0.1) is 0 Å². The molecule has 3 aromatic heterocycles. The van der Waals surface area contributed by atoms with E-state index in [0.717, 1.165) is 42.3 Å².